The van der Waals surface area contributed by atoms with Gasteiger partial charge in [-0.3, -0.25) is 14.6 Å². The van der Waals surface area contributed by atoms with Gasteiger partial charge in [0.15, 0.2) is 5.66 Å². The summed E-state index contributed by atoms with van der Waals surface area (Å²) in [5.41, 5.74) is 1.20. The lowest BCUT2D eigenvalue weighted by Gasteiger charge is -2.40. The summed E-state index contributed by atoms with van der Waals surface area (Å²) in [5.74, 6) is -0.859. The maximum absolute atomic E-state index is 13.5. The van der Waals surface area contributed by atoms with Crippen molar-refractivity contribution in [2.75, 3.05) is 13.1 Å². The van der Waals surface area contributed by atoms with Crippen LogP contribution < -0.4 is 0 Å². The number of fused-ring (bicyclic) bond motifs is 3. The minimum atomic E-state index is -1.09. The molecule has 3 heterocycles. The lowest BCUT2D eigenvalue weighted by Crippen LogP contribution is -2.51. The molecule has 3 aromatic rings. The van der Waals surface area contributed by atoms with Gasteiger partial charge < -0.3 is 9.80 Å². The standard InChI is InChI=1S/C22H15ClFN3O2/c23-16-5-3-15(4-6-16)22-19-9-10-25-13-18(19)21(29)27(22)12-11-26(22)20(28)14-1-7-17(24)8-2-14/h1-10,13H,11-12H2. The first-order chi connectivity index (χ1) is 14.0. The smallest absolute Gasteiger partial charge is 0.258 e. The van der Waals surface area contributed by atoms with Crippen LogP contribution in [0.15, 0.2) is 67.0 Å². The van der Waals surface area contributed by atoms with Crippen molar-refractivity contribution in [1.29, 1.82) is 0 Å². The highest BCUT2D eigenvalue weighted by molar-refractivity contribution is 6.30. The molecule has 1 fully saturated rings. The zero-order valence-electron chi connectivity index (χ0n) is 15.2. The van der Waals surface area contributed by atoms with Crippen molar-refractivity contribution in [3.63, 3.8) is 0 Å². The van der Waals surface area contributed by atoms with Crippen LogP contribution in [0.25, 0.3) is 0 Å². The van der Waals surface area contributed by atoms with Crippen LogP contribution in [0.2, 0.25) is 5.02 Å². The fraction of sp³-hybridized carbons (Fsp3) is 0.136. The maximum Gasteiger partial charge on any atom is 0.258 e. The van der Waals surface area contributed by atoms with Gasteiger partial charge in [-0.05, 0) is 42.5 Å². The van der Waals surface area contributed by atoms with E-state index in [-0.39, 0.29) is 11.8 Å². The van der Waals surface area contributed by atoms with Gasteiger partial charge in [0.25, 0.3) is 11.8 Å². The molecule has 1 aromatic heterocycles. The van der Waals surface area contributed by atoms with E-state index in [2.05, 4.69) is 4.98 Å². The molecule has 144 valence electrons. The van der Waals surface area contributed by atoms with Crippen molar-refractivity contribution in [1.82, 2.24) is 14.8 Å². The summed E-state index contributed by atoms with van der Waals surface area (Å²) in [6, 6.07) is 14.3. The fourth-order valence-corrected chi connectivity index (χ4v) is 4.50. The molecular formula is C22H15ClFN3O2. The van der Waals surface area contributed by atoms with Crippen LogP contribution in [0, 0.1) is 5.82 Å². The Labute approximate surface area is 171 Å². The molecule has 0 N–H and O–H groups in total. The molecule has 0 radical (unpaired) electrons. The largest absolute Gasteiger partial charge is 0.306 e. The fourth-order valence-electron chi connectivity index (χ4n) is 4.37. The van der Waals surface area contributed by atoms with Crippen LogP contribution in [-0.4, -0.2) is 39.7 Å². The lowest BCUT2D eigenvalue weighted by atomic mass is 9.90. The van der Waals surface area contributed by atoms with Gasteiger partial charge in [-0.1, -0.05) is 23.7 Å². The molecule has 5 nitrogen and oxygen atoms in total. The molecule has 0 aliphatic carbocycles. The number of aromatic nitrogens is 1. The Morgan fingerprint density at radius 1 is 1.03 bits per heavy atom. The molecular weight excluding hydrogens is 393 g/mol. The van der Waals surface area contributed by atoms with Crippen LogP contribution in [0.1, 0.15) is 31.8 Å². The van der Waals surface area contributed by atoms with Crippen LogP contribution in [0.4, 0.5) is 4.39 Å². The van der Waals surface area contributed by atoms with Gasteiger partial charge in [-0.15, -0.1) is 0 Å². The van der Waals surface area contributed by atoms with Crippen molar-refractivity contribution >= 4 is 23.4 Å². The zero-order chi connectivity index (χ0) is 20.2. The Bertz CT molecular complexity index is 1130. The second-order valence-corrected chi connectivity index (χ2v) is 7.46. The quantitative estimate of drug-likeness (QED) is 0.651. The summed E-state index contributed by atoms with van der Waals surface area (Å²) in [6.45, 7) is 0.732. The molecule has 0 saturated carbocycles. The Morgan fingerprint density at radius 2 is 1.76 bits per heavy atom. The van der Waals surface area contributed by atoms with E-state index in [0.29, 0.717) is 34.8 Å². The molecule has 29 heavy (non-hydrogen) atoms. The number of benzene rings is 2. The summed E-state index contributed by atoms with van der Waals surface area (Å²) >= 11 is 6.09. The van der Waals surface area contributed by atoms with Crippen molar-refractivity contribution in [3.8, 4) is 0 Å². The summed E-state index contributed by atoms with van der Waals surface area (Å²) in [4.78, 5) is 34.1. The second kappa shape index (κ2) is 6.39. The summed E-state index contributed by atoms with van der Waals surface area (Å²) in [7, 11) is 0. The van der Waals surface area contributed by atoms with Crippen LogP contribution in [0.5, 0.6) is 0 Å². The van der Waals surface area contributed by atoms with Gasteiger partial charge in [0.2, 0.25) is 0 Å². The summed E-state index contributed by atoms with van der Waals surface area (Å²) in [5, 5.41) is 0.561. The number of amides is 2. The van der Waals surface area contributed by atoms with Gasteiger partial charge >= 0.3 is 0 Å². The Hall–Kier alpha value is -3.25. The average Bonchev–Trinajstić information content (AvgIpc) is 3.25. The highest BCUT2D eigenvalue weighted by Crippen LogP contribution is 2.49. The Balaban J connectivity index is 1.74. The second-order valence-electron chi connectivity index (χ2n) is 7.02. The number of hydrogen-bond acceptors (Lipinski definition) is 3. The molecule has 1 atom stereocenters. The van der Waals surface area contributed by atoms with Gasteiger partial charge in [0, 0.05) is 47.2 Å². The topological polar surface area (TPSA) is 53.5 Å². The molecule has 0 spiro atoms. The van der Waals surface area contributed by atoms with Gasteiger partial charge in [0.05, 0.1) is 5.56 Å². The predicted molar refractivity (Wildman–Crippen MR) is 105 cm³/mol. The van der Waals surface area contributed by atoms with Gasteiger partial charge in [-0.25, -0.2) is 4.39 Å². The maximum atomic E-state index is 13.5. The third-order valence-electron chi connectivity index (χ3n) is 5.58. The van der Waals surface area contributed by atoms with E-state index in [0.717, 1.165) is 5.56 Å². The minimum absolute atomic E-state index is 0.169. The molecule has 2 amide bonds. The highest BCUT2D eigenvalue weighted by atomic mass is 35.5. The van der Waals surface area contributed by atoms with Crippen LogP contribution >= 0.6 is 11.6 Å². The van der Waals surface area contributed by atoms with E-state index in [4.69, 9.17) is 11.6 Å². The monoisotopic (exact) mass is 407 g/mol. The average molecular weight is 408 g/mol. The third-order valence-corrected chi connectivity index (χ3v) is 5.84. The molecule has 1 unspecified atom stereocenters. The minimum Gasteiger partial charge on any atom is -0.306 e. The van der Waals surface area contributed by atoms with Crippen molar-refractivity contribution in [3.05, 3.63) is 100 Å². The molecule has 7 heteroatoms. The Morgan fingerprint density at radius 3 is 2.48 bits per heavy atom. The number of carbonyl (C=O) groups is 2. The normalized spacial score (nSPS) is 20.0. The number of carbonyl (C=O) groups excluding carboxylic acids is 2. The van der Waals surface area contributed by atoms with E-state index >= 15 is 0 Å². The molecule has 1 saturated heterocycles. The molecule has 5 rings (SSSR count). The van der Waals surface area contributed by atoms with Crippen molar-refractivity contribution < 1.29 is 14.0 Å². The zero-order valence-corrected chi connectivity index (χ0v) is 15.9. The summed E-state index contributed by atoms with van der Waals surface area (Å²) in [6.07, 6.45) is 3.15. The van der Waals surface area contributed by atoms with E-state index < -0.39 is 11.5 Å². The molecule has 0 bridgehead atoms. The lowest BCUT2D eigenvalue weighted by molar-refractivity contribution is 0.0375. The van der Waals surface area contributed by atoms with Crippen molar-refractivity contribution in [2.45, 2.75) is 5.66 Å². The van der Waals surface area contributed by atoms with E-state index in [1.54, 1.807) is 34.2 Å². The molecule has 2 aromatic carbocycles. The number of rotatable bonds is 2. The van der Waals surface area contributed by atoms with Crippen LogP contribution in [-0.2, 0) is 5.66 Å². The van der Waals surface area contributed by atoms with E-state index in [9.17, 15) is 14.0 Å². The van der Waals surface area contributed by atoms with E-state index in [1.807, 2.05) is 12.1 Å². The number of pyridine rings is 1. The first kappa shape index (κ1) is 17.8. The third kappa shape index (κ3) is 2.42. The first-order valence-corrected chi connectivity index (χ1v) is 9.51. The number of nitrogens with zero attached hydrogens (tertiary/aromatic N) is 3. The SMILES string of the molecule is O=C(c1ccc(F)cc1)N1CCN2C(=O)c3cnccc3C12c1ccc(Cl)cc1. The van der Waals surface area contributed by atoms with Gasteiger partial charge in [-0.2, -0.15) is 0 Å². The molecule has 2 aliphatic rings. The predicted octanol–water partition coefficient (Wildman–Crippen LogP) is 3.69. The first-order valence-electron chi connectivity index (χ1n) is 9.13. The number of halogens is 2. The molecule has 2 aliphatic heterocycles. The summed E-state index contributed by atoms with van der Waals surface area (Å²) < 4.78 is 13.4. The van der Waals surface area contributed by atoms with Gasteiger partial charge in [0.1, 0.15) is 5.82 Å². The van der Waals surface area contributed by atoms with Crippen LogP contribution in [0.3, 0.4) is 0 Å². The number of hydrogen-bond donors (Lipinski definition) is 0. The Kier molecular flexibility index (Phi) is 3.93. The highest BCUT2D eigenvalue weighted by Gasteiger charge is 2.59. The van der Waals surface area contributed by atoms with Crippen molar-refractivity contribution in [2.24, 2.45) is 0 Å². The van der Waals surface area contributed by atoms with E-state index in [1.165, 1.54) is 30.5 Å².